The molecule has 0 N–H and O–H groups in total. The third-order valence-corrected chi connectivity index (χ3v) is 7.87. The first kappa shape index (κ1) is 22.4. The minimum absolute atomic E-state index is 0.210. The SMILES string of the molecule is Cc1ncoc1-c1nnc(SCCCN2CC[C@]3(C[C@@H]3c3ccc(C(F)(F)F)nc3)C2)n1C. The smallest absolute Gasteiger partial charge is 0.433 e. The van der Waals surface area contributed by atoms with E-state index in [1.165, 1.54) is 12.6 Å². The summed E-state index contributed by atoms with van der Waals surface area (Å²) in [5.41, 5.74) is 1.11. The van der Waals surface area contributed by atoms with Crippen LogP contribution in [0.1, 0.15) is 42.1 Å². The van der Waals surface area contributed by atoms with Gasteiger partial charge in [0.25, 0.3) is 0 Å². The average molecular weight is 479 g/mol. The summed E-state index contributed by atoms with van der Waals surface area (Å²) < 4.78 is 45.6. The Labute approximate surface area is 193 Å². The van der Waals surface area contributed by atoms with Crippen molar-refractivity contribution >= 4 is 11.8 Å². The number of pyridine rings is 1. The summed E-state index contributed by atoms with van der Waals surface area (Å²) in [5, 5.41) is 9.36. The molecule has 0 bridgehead atoms. The number of thioether (sulfide) groups is 1. The topological polar surface area (TPSA) is 72.9 Å². The Kier molecular flexibility index (Phi) is 5.72. The predicted molar refractivity (Wildman–Crippen MR) is 117 cm³/mol. The van der Waals surface area contributed by atoms with Crippen molar-refractivity contribution in [3.8, 4) is 11.6 Å². The Morgan fingerprint density at radius 1 is 1.24 bits per heavy atom. The molecule has 0 radical (unpaired) electrons. The van der Waals surface area contributed by atoms with E-state index in [1.807, 2.05) is 18.5 Å². The van der Waals surface area contributed by atoms with Gasteiger partial charge >= 0.3 is 6.18 Å². The molecule has 1 aliphatic heterocycles. The zero-order chi connectivity index (χ0) is 23.2. The molecule has 3 aromatic rings. The Balaban J connectivity index is 1.09. The van der Waals surface area contributed by atoms with E-state index in [0.717, 1.165) is 67.1 Å². The van der Waals surface area contributed by atoms with Gasteiger partial charge in [0.1, 0.15) is 5.69 Å². The van der Waals surface area contributed by atoms with Gasteiger partial charge in [0, 0.05) is 25.5 Å². The molecule has 2 atom stereocenters. The van der Waals surface area contributed by atoms with Crippen LogP contribution in [0.3, 0.4) is 0 Å². The molecular weight excluding hydrogens is 453 g/mol. The molecule has 0 amide bonds. The molecule has 11 heteroatoms. The third-order valence-electron chi connectivity index (χ3n) is 6.77. The maximum absolute atomic E-state index is 12.8. The second-order valence-electron chi connectivity index (χ2n) is 8.95. The number of likely N-dealkylation sites (tertiary alicyclic amines) is 1. The van der Waals surface area contributed by atoms with E-state index in [9.17, 15) is 13.2 Å². The van der Waals surface area contributed by atoms with Gasteiger partial charge < -0.3 is 13.9 Å². The number of aromatic nitrogens is 5. The van der Waals surface area contributed by atoms with Crippen LogP contribution in [0.5, 0.6) is 0 Å². The summed E-state index contributed by atoms with van der Waals surface area (Å²) in [4.78, 5) is 10.2. The number of hydrogen-bond acceptors (Lipinski definition) is 7. The lowest BCUT2D eigenvalue weighted by Crippen LogP contribution is -2.23. The quantitative estimate of drug-likeness (QED) is 0.364. The van der Waals surface area contributed by atoms with Gasteiger partial charge in [-0.1, -0.05) is 17.8 Å². The standard InChI is InChI=1S/C22H25F3N6OS/c1-14-18(32-13-27-14)19-28-29-20(30(19)2)33-9-3-7-31-8-6-21(12-31)10-16(21)15-4-5-17(26-11-15)22(23,24)25/h4-5,11,13,16H,3,6-10,12H2,1-2H3/t16-,21+/m1/s1. The van der Waals surface area contributed by atoms with Crippen LogP contribution >= 0.6 is 11.8 Å². The van der Waals surface area contributed by atoms with Gasteiger partial charge in [0.2, 0.25) is 5.82 Å². The van der Waals surface area contributed by atoms with Gasteiger partial charge in [-0.3, -0.25) is 4.98 Å². The normalized spacial score (nSPS) is 23.0. The molecule has 0 aromatic carbocycles. The van der Waals surface area contributed by atoms with Crippen LogP contribution in [-0.4, -0.2) is 55.0 Å². The van der Waals surface area contributed by atoms with E-state index in [1.54, 1.807) is 17.8 Å². The van der Waals surface area contributed by atoms with E-state index in [4.69, 9.17) is 4.42 Å². The minimum atomic E-state index is -4.39. The Hall–Kier alpha value is -2.40. The van der Waals surface area contributed by atoms with Gasteiger partial charge in [-0.25, -0.2) is 4.98 Å². The molecule has 5 rings (SSSR count). The first-order chi connectivity index (χ1) is 15.8. The summed E-state index contributed by atoms with van der Waals surface area (Å²) in [5.74, 6) is 2.56. The summed E-state index contributed by atoms with van der Waals surface area (Å²) in [6.07, 6.45) is 1.59. The van der Waals surface area contributed by atoms with Crippen molar-refractivity contribution in [1.29, 1.82) is 0 Å². The van der Waals surface area contributed by atoms with Crippen molar-refractivity contribution < 1.29 is 17.6 Å². The van der Waals surface area contributed by atoms with Crippen LogP contribution in [0.25, 0.3) is 11.6 Å². The summed E-state index contributed by atoms with van der Waals surface area (Å²) >= 11 is 1.67. The second kappa shape index (κ2) is 8.43. The average Bonchev–Trinajstić information content (AvgIpc) is 3.05. The van der Waals surface area contributed by atoms with Crippen LogP contribution in [0.15, 0.2) is 34.3 Å². The summed E-state index contributed by atoms with van der Waals surface area (Å²) in [7, 11) is 1.92. The third kappa shape index (κ3) is 4.40. The van der Waals surface area contributed by atoms with Crippen LogP contribution in [0.2, 0.25) is 0 Å². The highest BCUT2D eigenvalue weighted by Gasteiger charge is 2.57. The maximum Gasteiger partial charge on any atom is 0.433 e. The van der Waals surface area contributed by atoms with Crippen LogP contribution in [0.4, 0.5) is 13.2 Å². The molecule has 1 spiro atoms. The fourth-order valence-corrected chi connectivity index (χ4v) is 5.67. The first-order valence-electron chi connectivity index (χ1n) is 10.9. The Morgan fingerprint density at radius 3 is 2.79 bits per heavy atom. The highest BCUT2D eigenvalue weighted by Crippen LogP contribution is 2.64. The molecular formula is C22H25F3N6OS. The van der Waals surface area contributed by atoms with Crippen molar-refractivity contribution in [3.63, 3.8) is 0 Å². The Bertz CT molecular complexity index is 1130. The van der Waals surface area contributed by atoms with E-state index in [0.29, 0.717) is 17.5 Å². The van der Waals surface area contributed by atoms with E-state index in [2.05, 4.69) is 25.1 Å². The van der Waals surface area contributed by atoms with Crippen LogP contribution in [-0.2, 0) is 13.2 Å². The van der Waals surface area contributed by atoms with Crippen LogP contribution < -0.4 is 0 Å². The minimum Gasteiger partial charge on any atom is -0.440 e. The molecule has 1 aliphatic carbocycles. The van der Waals surface area contributed by atoms with Gasteiger partial charge in [0.15, 0.2) is 17.3 Å². The van der Waals surface area contributed by atoms with Crippen molar-refractivity contribution in [3.05, 3.63) is 41.7 Å². The summed E-state index contributed by atoms with van der Waals surface area (Å²) in [6, 6.07) is 2.71. The second-order valence-corrected chi connectivity index (χ2v) is 10.0. The van der Waals surface area contributed by atoms with Crippen molar-refractivity contribution in [1.82, 2.24) is 29.6 Å². The molecule has 3 aromatic heterocycles. The van der Waals surface area contributed by atoms with Crippen LogP contribution in [0, 0.1) is 12.3 Å². The first-order valence-corrected chi connectivity index (χ1v) is 11.9. The predicted octanol–water partition coefficient (Wildman–Crippen LogP) is 4.55. The largest absolute Gasteiger partial charge is 0.440 e. The highest BCUT2D eigenvalue weighted by molar-refractivity contribution is 7.99. The van der Waals surface area contributed by atoms with Gasteiger partial charge in [-0.05, 0) is 62.2 Å². The van der Waals surface area contributed by atoms with Gasteiger partial charge in [-0.2, -0.15) is 13.2 Å². The number of hydrogen-bond donors (Lipinski definition) is 0. The van der Waals surface area contributed by atoms with Crippen molar-refractivity contribution in [2.24, 2.45) is 12.5 Å². The van der Waals surface area contributed by atoms with E-state index in [-0.39, 0.29) is 5.41 Å². The lowest BCUT2D eigenvalue weighted by Gasteiger charge is -2.16. The van der Waals surface area contributed by atoms with E-state index < -0.39 is 11.9 Å². The maximum atomic E-state index is 12.8. The number of halogens is 3. The molecule has 1 saturated carbocycles. The van der Waals surface area contributed by atoms with Gasteiger partial charge in [0.05, 0.1) is 5.69 Å². The number of oxazole rings is 1. The molecule has 33 heavy (non-hydrogen) atoms. The number of alkyl halides is 3. The van der Waals surface area contributed by atoms with Gasteiger partial charge in [-0.15, -0.1) is 10.2 Å². The van der Waals surface area contributed by atoms with Crippen molar-refractivity contribution in [2.75, 3.05) is 25.4 Å². The molecule has 176 valence electrons. The van der Waals surface area contributed by atoms with Crippen molar-refractivity contribution in [2.45, 2.75) is 43.4 Å². The Morgan fingerprint density at radius 2 is 2.09 bits per heavy atom. The molecule has 2 aliphatic rings. The van der Waals surface area contributed by atoms with E-state index >= 15 is 0 Å². The fourth-order valence-electron chi connectivity index (χ4n) is 4.83. The lowest BCUT2D eigenvalue weighted by atomic mass is 9.99. The number of rotatable bonds is 7. The molecule has 2 fully saturated rings. The number of aryl methyl sites for hydroxylation is 1. The zero-order valence-electron chi connectivity index (χ0n) is 18.5. The fraction of sp³-hybridized carbons (Fsp3) is 0.545. The molecule has 0 unspecified atom stereocenters. The molecule has 1 saturated heterocycles. The summed E-state index contributed by atoms with van der Waals surface area (Å²) in [6.45, 7) is 4.91. The lowest BCUT2D eigenvalue weighted by molar-refractivity contribution is -0.141. The highest BCUT2D eigenvalue weighted by atomic mass is 32.2. The number of nitrogens with zero attached hydrogens (tertiary/aromatic N) is 6. The molecule has 7 nitrogen and oxygen atoms in total. The zero-order valence-corrected chi connectivity index (χ0v) is 19.3. The monoisotopic (exact) mass is 478 g/mol. The molecule has 4 heterocycles.